The van der Waals surface area contributed by atoms with E-state index in [9.17, 15) is 4.79 Å². The van der Waals surface area contributed by atoms with Gasteiger partial charge in [0, 0.05) is 11.6 Å². The third kappa shape index (κ3) is 1.06. The summed E-state index contributed by atoms with van der Waals surface area (Å²) in [5.41, 5.74) is 5.32. The van der Waals surface area contributed by atoms with Crippen LogP contribution >= 0.6 is 11.3 Å². The first-order valence-electron chi connectivity index (χ1n) is 3.31. The Labute approximate surface area is 72.3 Å². The number of hydrogen-bond acceptors (Lipinski definition) is 5. The molecule has 2 heterocycles. The van der Waals surface area contributed by atoms with Crippen LogP contribution < -0.4 is 11.1 Å². The topological polar surface area (TPSA) is 80.4 Å². The van der Waals surface area contributed by atoms with Gasteiger partial charge >= 0.3 is 0 Å². The number of rotatable bonds is 1. The summed E-state index contributed by atoms with van der Waals surface area (Å²) in [5.74, 6) is -0.0392. The van der Waals surface area contributed by atoms with E-state index in [0.717, 1.165) is 0 Å². The lowest BCUT2D eigenvalue weighted by Crippen LogP contribution is -2.31. The zero-order chi connectivity index (χ0) is 8.55. The number of nitrogens with two attached hydrogens (primary N) is 1. The molecule has 1 unspecified atom stereocenters. The van der Waals surface area contributed by atoms with Crippen molar-refractivity contribution in [2.24, 2.45) is 10.7 Å². The summed E-state index contributed by atoms with van der Waals surface area (Å²) in [6.45, 7) is 0. The van der Waals surface area contributed by atoms with Crippen molar-refractivity contribution in [3.63, 3.8) is 0 Å². The van der Waals surface area contributed by atoms with Crippen LogP contribution in [0, 0.1) is 0 Å². The van der Waals surface area contributed by atoms with E-state index in [2.05, 4.69) is 15.3 Å². The van der Waals surface area contributed by atoms with Crippen LogP contribution in [0.1, 0.15) is 11.0 Å². The Hall–Kier alpha value is -1.43. The predicted molar refractivity (Wildman–Crippen MR) is 44.6 cm³/mol. The molecular weight excluding hydrogens is 176 g/mol. The highest BCUT2D eigenvalue weighted by atomic mass is 32.1. The van der Waals surface area contributed by atoms with Gasteiger partial charge in [-0.15, -0.1) is 11.3 Å². The molecule has 62 valence electrons. The molecule has 3 N–H and O–H groups in total. The van der Waals surface area contributed by atoms with E-state index >= 15 is 0 Å². The van der Waals surface area contributed by atoms with Crippen molar-refractivity contribution < 1.29 is 4.79 Å². The third-order valence-electron chi connectivity index (χ3n) is 1.45. The summed E-state index contributed by atoms with van der Waals surface area (Å²) in [7, 11) is 0. The van der Waals surface area contributed by atoms with E-state index in [1.165, 1.54) is 11.3 Å². The second-order valence-electron chi connectivity index (χ2n) is 2.28. The Bertz CT molecular complexity index is 331. The molecule has 6 heteroatoms. The van der Waals surface area contributed by atoms with Gasteiger partial charge in [0.2, 0.25) is 0 Å². The van der Waals surface area contributed by atoms with Gasteiger partial charge in [0.25, 0.3) is 5.91 Å². The van der Waals surface area contributed by atoms with Crippen molar-refractivity contribution in [3.8, 4) is 0 Å². The molecule has 0 aliphatic carbocycles. The van der Waals surface area contributed by atoms with Crippen molar-refractivity contribution in [2.75, 3.05) is 0 Å². The molecule has 0 bridgehead atoms. The first kappa shape index (κ1) is 7.23. The van der Waals surface area contributed by atoms with Crippen LogP contribution in [0.3, 0.4) is 0 Å². The number of hydrogen-bond donors (Lipinski definition) is 2. The van der Waals surface area contributed by atoms with Crippen molar-refractivity contribution in [3.05, 3.63) is 16.6 Å². The number of carbonyl (C=O) groups is 1. The summed E-state index contributed by atoms with van der Waals surface area (Å²) in [6.07, 6.45) is 1.64. The van der Waals surface area contributed by atoms with Crippen molar-refractivity contribution in [2.45, 2.75) is 6.04 Å². The second-order valence-corrected chi connectivity index (χ2v) is 3.20. The number of nitrogens with one attached hydrogen (secondary N) is 1. The molecule has 0 saturated carbocycles. The van der Waals surface area contributed by atoms with Crippen LogP contribution in [0.5, 0.6) is 0 Å². The largest absolute Gasteiger partial charge is 0.370 e. The van der Waals surface area contributed by atoms with E-state index in [1.807, 2.05) is 0 Å². The zero-order valence-electron chi connectivity index (χ0n) is 6.02. The van der Waals surface area contributed by atoms with Crippen molar-refractivity contribution >= 4 is 23.2 Å². The Kier molecular flexibility index (Phi) is 1.54. The average molecular weight is 182 g/mol. The van der Waals surface area contributed by atoms with Gasteiger partial charge in [-0.25, -0.2) is 9.98 Å². The molecule has 0 radical (unpaired) electrons. The SMILES string of the molecule is NC1=NC(c2nccs2)C(=O)N1. The fourth-order valence-electron chi connectivity index (χ4n) is 0.961. The fraction of sp³-hybridized carbons (Fsp3) is 0.167. The molecule has 2 rings (SSSR count). The van der Waals surface area contributed by atoms with Crippen LogP contribution in [-0.4, -0.2) is 16.9 Å². The summed E-state index contributed by atoms with van der Waals surface area (Å²) < 4.78 is 0. The minimum Gasteiger partial charge on any atom is -0.370 e. The Morgan fingerprint density at radius 3 is 3.00 bits per heavy atom. The van der Waals surface area contributed by atoms with Crippen LogP contribution in [0.2, 0.25) is 0 Å². The molecule has 1 aromatic heterocycles. The highest BCUT2D eigenvalue weighted by Crippen LogP contribution is 2.21. The average Bonchev–Trinajstić information content (AvgIpc) is 2.58. The molecule has 1 amide bonds. The van der Waals surface area contributed by atoms with Gasteiger partial charge in [-0.3, -0.25) is 10.1 Å². The minimum atomic E-state index is -0.537. The Morgan fingerprint density at radius 2 is 2.50 bits per heavy atom. The number of amides is 1. The summed E-state index contributed by atoms with van der Waals surface area (Å²) >= 11 is 1.39. The minimum absolute atomic E-state index is 0.167. The lowest BCUT2D eigenvalue weighted by atomic mass is 10.3. The van der Waals surface area contributed by atoms with Gasteiger partial charge in [0.1, 0.15) is 5.01 Å². The van der Waals surface area contributed by atoms with Crippen molar-refractivity contribution in [1.82, 2.24) is 10.3 Å². The fourth-order valence-corrected chi connectivity index (χ4v) is 1.63. The Morgan fingerprint density at radius 1 is 1.67 bits per heavy atom. The molecule has 1 atom stereocenters. The maximum Gasteiger partial charge on any atom is 0.258 e. The second kappa shape index (κ2) is 2.56. The first-order valence-corrected chi connectivity index (χ1v) is 4.19. The standard InChI is InChI=1S/C6H6N4OS/c7-6-9-3(4(11)10-6)5-8-1-2-12-5/h1-3H,(H3,7,9,10,11). The van der Waals surface area contributed by atoms with Gasteiger partial charge in [-0.1, -0.05) is 0 Å². The maximum absolute atomic E-state index is 11.1. The highest BCUT2D eigenvalue weighted by Gasteiger charge is 2.28. The van der Waals surface area contributed by atoms with E-state index in [-0.39, 0.29) is 11.9 Å². The lowest BCUT2D eigenvalue weighted by molar-refractivity contribution is -0.120. The number of nitrogens with zero attached hydrogens (tertiary/aromatic N) is 2. The van der Waals surface area contributed by atoms with Gasteiger partial charge in [-0.2, -0.15) is 0 Å². The quantitative estimate of drug-likeness (QED) is 0.621. The molecule has 1 aliphatic rings. The Balaban J connectivity index is 2.31. The van der Waals surface area contributed by atoms with Gasteiger partial charge in [-0.05, 0) is 0 Å². The number of aromatic nitrogens is 1. The van der Waals surface area contributed by atoms with Crippen LogP contribution in [0.4, 0.5) is 0 Å². The molecule has 0 aromatic carbocycles. The molecule has 0 saturated heterocycles. The normalized spacial score (nSPS) is 22.2. The van der Waals surface area contributed by atoms with Crippen molar-refractivity contribution in [1.29, 1.82) is 0 Å². The van der Waals surface area contributed by atoms with E-state index in [1.54, 1.807) is 11.6 Å². The molecule has 0 fully saturated rings. The summed E-state index contributed by atoms with van der Waals surface area (Å²) in [4.78, 5) is 19.0. The first-order chi connectivity index (χ1) is 5.77. The third-order valence-corrected chi connectivity index (χ3v) is 2.28. The van der Waals surface area contributed by atoms with Crippen LogP contribution in [0.15, 0.2) is 16.6 Å². The van der Waals surface area contributed by atoms with Gasteiger partial charge < -0.3 is 5.73 Å². The predicted octanol–water partition coefficient (Wildman–Crippen LogP) is -0.371. The molecule has 12 heavy (non-hydrogen) atoms. The van der Waals surface area contributed by atoms with E-state index in [0.29, 0.717) is 5.01 Å². The highest BCUT2D eigenvalue weighted by molar-refractivity contribution is 7.09. The summed E-state index contributed by atoms with van der Waals surface area (Å²) in [6, 6.07) is -0.537. The number of guanidine groups is 1. The van der Waals surface area contributed by atoms with Gasteiger partial charge in [0.15, 0.2) is 12.0 Å². The monoisotopic (exact) mass is 182 g/mol. The molecule has 0 spiro atoms. The smallest absolute Gasteiger partial charge is 0.258 e. The lowest BCUT2D eigenvalue weighted by Gasteiger charge is -1.96. The molecule has 5 nitrogen and oxygen atoms in total. The number of aliphatic imine (C=N–C) groups is 1. The maximum atomic E-state index is 11.1. The van der Waals surface area contributed by atoms with E-state index in [4.69, 9.17) is 5.73 Å². The number of carbonyl (C=O) groups excluding carboxylic acids is 1. The van der Waals surface area contributed by atoms with Crippen LogP contribution in [-0.2, 0) is 4.79 Å². The number of thiazole rings is 1. The zero-order valence-corrected chi connectivity index (χ0v) is 6.84. The van der Waals surface area contributed by atoms with Gasteiger partial charge in [0.05, 0.1) is 0 Å². The van der Waals surface area contributed by atoms with E-state index < -0.39 is 6.04 Å². The molecule has 1 aromatic rings. The van der Waals surface area contributed by atoms with Crippen LogP contribution in [0.25, 0.3) is 0 Å². The summed E-state index contributed by atoms with van der Waals surface area (Å²) in [5, 5.41) is 4.88. The molecule has 1 aliphatic heterocycles. The molecular formula is C6H6N4OS.